The predicted molar refractivity (Wildman–Crippen MR) is 120 cm³/mol. The van der Waals surface area contributed by atoms with Crippen molar-refractivity contribution in [3.05, 3.63) is 71.8 Å². The SMILES string of the molecule is Nc1ncnc2c1ncn2C1CCN(Cc2ccc(-c3cccc(Cl)c3)cc2)CC1. The van der Waals surface area contributed by atoms with E-state index < -0.39 is 0 Å². The van der Waals surface area contributed by atoms with Gasteiger partial charge in [0.25, 0.3) is 0 Å². The highest BCUT2D eigenvalue weighted by Crippen LogP contribution is 2.28. The Labute approximate surface area is 180 Å². The molecule has 4 aromatic rings. The first-order chi connectivity index (χ1) is 14.7. The van der Waals surface area contributed by atoms with E-state index in [0.717, 1.165) is 48.7 Å². The van der Waals surface area contributed by atoms with E-state index in [9.17, 15) is 0 Å². The summed E-state index contributed by atoms with van der Waals surface area (Å²) in [5, 5.41) is 0.763. The second-order valence-corrected chi connectivity index (χ2v) is 8.23. The minimum Gasteiger partial charge on any atom is -0.382 e. The number of rotatable bonds is 4. The standard InChI is InChI=1S/C23H23ClN6/c24-19-3-1-2-18(12-19)17-6-4-16(5-7-17)13-29-10-8-20(9-11-29)30-15-28-21-22(25)26-14-27-23(21)30/h1-7,12,14-15,20H,8-11,13H2,(H2,25,26,27). The van der Waals surface area contributed by atoms with Gasteiger partial charge in [-0.1, -0.05) is 48.0 Å². The average Bonchev–Trinajstić information content (AvgIpc) is 3.20. The van der Waals surface area contributed by atoms with Gasteiger partial charge in [-0.3, -0.25) is 4.90 Å². The summed E-state index contributed by atoms with van der Waals surface area (Å²) in [6.45, 7) is 3.05. The molecule has 30 heavy (non-hydrogen) atoms. The number of nitrogens with zero attached hydrogens (tertiary/aromatic N) is 5. The van der Waals surface area contributed by atoms with E-state index in [1.54, 1.807) is 0 Å². The smallest absolute Gasteiger partial charge is 0.165 e. The molecule has 2 N–H and O–H groups in total. The van der Waals surface area contributed by atoms with Crippen LogP contribution in [0.5, 0.6) is 0 Å². The summed E-state index contributed by atoms with van der Waals surface area (Å²) >= 11 is 6.12. The summed E-state index contributed by atoms with van der Waals surface area (Å²) in [5.41, 5.74) is 11.1. The van der Waals surface area contributed by atoms with Crippen molar-refractivity contribution in [2.24, 2.45) is 0 Å². The molecule has 6 nitrogen and oxygen atoms in total. The number of hydrogen-bond acceptors (Lipinski definition) is 5. The Hall–Kier alpha value is -2.96. The molecular formula is C23H23ClN6. The van der Waals surface area contributed by atoms with Crippen LogP contribution in [0.1, 0.15) is 24.4 Å². The van der Waals surface area contributed by atoms with Gasteiger partial charge >= 0.3 is 0 Å². The Morgan fingerprint density at radius 1 is 0.967 bits per heavy atom. The van der Waals surface area contributed by atoms with Gasteiger partial charge in [0.05, 0.1) is 6.33 Å². The molecule has 3 heterocycles. The van der Waals surface area contributed by atoms with Gasteiger partial charge in [-0.15, -0.1) is 0 Å². The van der Waals surface area contributed by atoms with Crippen molar-refractivity contribution >= 4 is 28.6 Å². The number of anilines is 1. The molecule has 0 amide bonds. The van der Waals surface area contributed by atoms with Crippen LogP contribution in [0.4, 0.5) is 5.82 Å². The number of imidazole rings is 1. The molecule has 152 valence electrons. The van der Waals surface area contributed by atoms with Gasteiger partial charge in [-0.2, -0.15) is 0 Å². The van der Waals surface area contributed by atoms with Crippen LogP contribution in [0, 0.1) is 0 Å². The lowest BCUT2D eigenvalue weighted by Gasteiger charge is -2.32. The summed E-state index contributed by atoms with van der Waals surface area (Å²) in [4.78, 5) is 15.3. The average molecular weight is 419 g/mol. The van der Waals surface area contributed by atoms with Crippen LogP contribution >= 0.6 is 11.6 Å². The van der Waals surface area contributed by atoms with Crippen molar-refractivity contribution in [2.45, 2.75) is 25.4 Å². The predicted octanol–water partition coefficient (Wildman–Crippen LogP) is 4.57. The molecular weight excluding hydrogens is 396 g/mol. The lowest BCUT2D eigenvalue weighted by Crippen LogP contribution is -2.34. The van der Waals surface area contributed by atoms with Gasteiger partial charge in [0, 0.05) is 30.7 Å². The summed E-state index contributed by atoms with van der Waals surface area (Å²) in [7, 11) is 0. The van der Waals surface area contributed by atoms with Crippen molar-refractivity contribution in [3.8, 4) is 11.1 Å². The van der Waals surface area contributed by atoms with E-state index in [1.165, 1.54) is 17.5 Å². The quantitative estimate of drug-likeness (QED) is 0.525. The van der Waals surface area contributed by atoms with Crippen molar-refractivity contribution in [2.75, 3.05) is 18.8 Å². The Morgan fingerprint density at radius 2 is 1.77 bits per heavy atom. The number of fused-ring (bicyclic) bond motifs is 1. The van der Waals surface area contributed by atoms with Gasteiger partial charge in [0.15, 0.2) is 11.5 Å². The molecule has 0 atom stereocenters. The van der Waals surface area contributed by atoms with Crippen molar-refractivity contribution in [1.29, 1.82) is 0 Å². The Balaban J connectivity index is 1.22. The molecule has 2 aromatic carbocycles. The fourth-order valence-electron chi connectivity index (χ4n) is 4.22. The molecule has 5 rings (SSSR count). The molecule has 0 radical (unpaired) electrons. The van der Waals surface area contributed by atoms with E-state index in [1.807, 2.05) is 24.5 Å². The third-order valence-electron chi connectivity index (χ3n) is 5.86. The maximum absolute atomic E-state index is 6.12. The molecule has 0 saturated carbocycles. The number of halogens is 1. The zero-order chi connectivity index (χ0) is 20.5. The third-order valence-corrected chi connectivity index (χ3v) is 6.09. The lowest BCUT2D eigenvalue weighted by molar-refractivity contribution is 0.181. The van der Waals surface area contributed by atoms with Gasteiger partial charge in [-0.25, -0.2) is 15.0 Å². The Bertz CT molecular complexity index is 1160. The Kier molecular flexibility index (Phi) is 5.11. The molecule has 0 unspecified atom stereocenters. The zero-order valence-corrected chi connectivity index (χ0v) is 17.3. The minimum atomic E-state index is 0.394. The molecule has 0 aliphatic carbocycles. The maximum atomic E-state index is 6.12. The molecule has 1 aliphatic heterocycles. The maximum Gasteiger partial charge on any atom is 0.165 e. The van der Waals surface area contributed by atoms with Gasteiger partial charge in [0.2, 0.25) is 0 Å². The van der Waals surface area contributed by atoms with Crippen LogP contribution in [0.15, 0.2) is 61.2 Å². The number of hydrogen-bond donors (Lipinski definition) is 1. The van der Waals surface area contributed by atoms with Crippen molar-refractivity contribution < 1.29 is 0 Å². The lowest BCUT2D eigenvalue weighted by atomic mass is 10.0. The highest BCUT2D eigenvalue weighted by atomic mass is 35.5. The third kappa shape index (κ3) is 3.76. The van der Waals surface area contributed by atoms with Gasteiger partial charge in [-0.05, 0) is 41.7 Å². The van der Waals surface area contributed by atoms with Crippen LogP contribution < -0.4 is 5.73 Å². The Morgan fingerprint density at radius 3 is 2.53 bits per heavy atom. The van der Waals surface area contributed by atoms with Crippen LogP contribution in [0.2, 0.25) is 5.02 Å². The van der Waals surface area contributed by atoms with Crippen molar-refractivity contribution in [3.63, 3.8) is 0 Å². The number of nitrogens with two attached hydrogens (primary N) is 1. The molecule has 2 aromatic heterocycles. The monoisotopic (exact) mass is 418 g/mol. The molecule has 1 aliphatic rings. The first-order valence-electron chi connectivity index (χ1n) is 10.2. The van der Waals surface area contributed by atoms with E-state index in [0.29, 0.717) is 17.4 Å². The second kappa shape index (κ2) is 8.05. The second-order valence-electron chi connectivity index (χ2n) is 7.80. The molecule has 1 saturated heterocycles. The summed E-state index contributed by atoms with van der Waals surface area (Å²) < 4.78 is 2.16. The topological polar surface area (TPSA) is 72.9 Å². The molecule has 0 spiro atoms. The summed E-state index contributed by atoms with van der Waals surface area (Å²) in [5.74, 6) is 0.442. The van der Waals surface area contributed by atoms with Crippen LogP contribution in [0.3, 0.4) is 0 Å². The highest BCUT2D eigenvalue weighted by molar-refractivity contribution is 6.30. The number of nitrogen functional groups attached to an aromatic ring is 1. The van der Waals surface area contributed by atoms with Crippen LogP contribution in [-0.4, -0.2) is 37.5 Å². The normalized spacial score (nSPS) is 15.6. The number of piperidine rings is 1. The van der Waals surface area contributed by atoms with E-state index in [4.69, 9.17) is 17.3 Å². The van der Waals surface area contributed by atoms with Crippen LogP contribution in [0.25, 0.3) is 22.3 Å². The van der Waals surface area contributed by atoms with Gasteiger partial charge < -0.3 is 10.3 Å². The number of likely N-dealkylation sites (tertiary alicyclic amines) is 1. The van der Waals surface area contributed by atoms with Crippen molar-refractivity contribution in [1.82, 2.24) is 24.4 Å². The number of benzene rings is 2. The fourth-order valence-corrected chi connectivity index (χ4v) is 4.41. The van der Waals surface area contributed by atoms with Gasteiger partial charge in [0.1, 0.15) is 11.8 Å². The zero-order valence-electron chi connectivity index (χ0n) is 16.6. The minimum absolute atomic E-state index is 0.394. The van der Waals surface area contributed by atoms with E-state index in [2.05, 4.69) is 54.8 Å². The summed E-state index contributed by atoms with van der Waals surface area (Å²) in [6.07, 6.45) is 5.49. The fraction of sp³-hybridized carbons (Fsp3) is 0.261. The first kappa shape index (κ1) is 19.0. The van der Waals surface area contributed by atoms with Crippen LogP contribution in [-0.2, 0) is 6.54 Å². The molecule has 0 bridgehead atoms. The van der Waals surface area contributed by atoms with E-state index in [-0.39, 0.29) is 0 Å². The highest BCUT2D eigenvalue weighted by Gasteiger charge is 2.23. The van der Waals surface area contributed by atoms with E-state index >= 15 is 0 Å². The summed E-state index contributed by atoms with van der Waals surface area (Å²) in [6, 6.07) is 17.1. The number of aromatic nitrogens is 4. The largest absolute Gasteiger partial charge is 0.382 e. The molecule has 7 heteroatoms. The first-order valence-corrected chi connectivity index (χ1v) is 10.6. The molecule has 1 fully saturated rings.